The molecule has 2 atom stereocenters. The minimum Gasteiger partial charge on any atom is -0.477 e. The molecule has 0 aliphatic heterocycles. The maximum Gasteiger partial charge on any atom is 0.362 e. The number of rotatable bonds is 38. The Hall–Kier alpha value is -4.53. The molecule has 0 saturated carbocycles. The molecule has 0 spiro atoms. The fourth-order valence-corrected chi connectivity index (χ4v) is 5.79. The van der Waals surface area contributed by atoms with Crippen molar-refractivity contribution < 1.29 is 38.2 Å². The number of carbonyl (C=O) groups excluding carboxylic acids is 2. The summed E-state index contributed by atoms with van der Waals surface area (Å²) < 4.78 is 17.2. The van der Waals surface area contributed by atoms with Gasteiger partial charge in [-0.05, 0) is 57.8 Å². The van der Waals surface area contributed by atoms with Crippen LogP contribution in [0.5, 0.6) is 0 Å². The van der Waals surface area contributed by atoms with Crippen LogP contribution >= 0.6 is 0 Å². The molecule has 0 rings (SSSR count). The monoisotopic (exact) mass is 845 g/mol. The van der Waals surface area contributed by atoms with E-state index < -0.39 is 18.1 Å². The van der Waals surface area contributed by atoms with Crippen molar-refractivity contribution in [2.75, 3.05) is 41.0 Å². The molecule has 0 aromatic carbocycles. The lowest BCUT2D eigenvalue weighted by Crippen LogP contribution is -2.50. The van der Waals surface area contributed by atoms with Crippen LogP contribution in [0.2, 0.25) is 0 Å². The number of esters is 2. The molecule has 0 saturated heterocycles. The predicted molar refractivity (Wildman–Crippen MR) is 256 cm³/mol. The van der Waals surface area contributed by atoms with E-state index in [4.69, 9.17) is 14.2 Å². The number of ether oxygens (including phenoxy) is 3. The smallest absolute Gasteiger partial charge is 0.362 e. The topological polar surface area (TPSA) is 99.1 Å². The van der Waals surface area contributed by atoms with Crippen molar-refractivity contribution >= 4 is 17.9 Å². The number of aliphatic carboxylic acids is 1. The van der Waals surface area contributed by atoms with E-state index in [-0.39, 0.29) is 42.7 Å². The normalized spacial score (nSPS) is 14.2. The van der Waals surface area contributed by atoms with Crippen LogP contribution in [0.15, 0.2) is 134 Å². The first-order chi connectivity index (χ1) is 29.6. The molecule has 0 radical (unpaired) electrons. The molecule has 340 valence electrons. The maximum atomic E-state index is 12.7. The first kappa shape index (κ1) is 56.5. The fourth-order valence-electron chi connectivity index (χ4n) is 5.79. The Labute approximate surface area is 371 Å². The highest BCUT2D eigenvalue weighted by atomic mass is 16.6. The molecular weight excluding hydrogens is 763 g/mol. The molecule has 0 aromatic heterocycles. The summed E-state index contributed by atoms with van der Waals surface area (Å²) in [5.74, 6) is -1.58. The molecular formula is C53H82NO7+. The van der Waals surface area contributed by atoms with Crippen molar-refractivity contribution in [3.8, 4) is 0 Å². The zero-order valence-corrected chi connectivity index (χ0v) is 38.5. The Kier molecular flexibility index (Phi) is 39.0. The van der Waals surface area contributed by atoms with Crippen molar-refractivity contribution in [3.05, 3.63) is 134 Å². The Balaban J connectivity index is 4.53. The second-order valence-electron chi connectivity index (χ2n) is 15.8. The molecule has 0 bridgehead atoms. The van der Waals surface area contributed by atoms with Crippen LogP contribution in [0.1, 0.15) is 129 Å². The van der Waals surface area contributed by atoms with Crippen LogP contribution in [0, 0.1) is 0 Å². The Morgan fingerprint density at radius 3 is 1.38 bits per heavy atom. The first-order valence-corrected chi connectivity index (χ1v) is 22.9. The third kappa shape index (κ3) is 40.6. The minimum atomic E-state index is -0.894. The third-order valence-electron chi connectivity index (χ3n) is 9.32. The molecule has 0 aromatic rings. The third-order valence-corrected chi connectivity index (χ3v) is 9.32. The molecule has 0 fully saturated rings. The van der Waals surface area contributed by atoms with E-state index in [1.165, 1.54) is 19.3 Å². The van der Waals surface area contributed by atoms with Gasteiger partial charge in [0.25, 0.3) is 0 Å². The van der Waals surface area contributed by atoms with E-state index in [0.717, 1.165) is 70.6 Å². The summed E-state index contributed by atoms with van der Waals surface area (Å²) in [4.78, 5) is 37.0. The molecule has 61 heavy (non-hydrogen) atoms. The molecule has 0 aliphatic rings. The van der Waals surface area contributed by atoms with Crippen LogP contribution in [-0.4, -0.2) is 80.6 Å². The molecule has 2 unspecified atom stereocenters. The number of nitrogens with zero attached hydrogens (tertiary/aromatic N) is 1. The highest BCUT2D eigenvalue weighted by Crippen LogP contribution is 2.12. The quantitative estimate of drug-likeness (QED) is 0.0286. The summed E-state index contributed by atoms with van der Waals surface area (Å²) in [6.45, 7) is 4.44. The SMILES string of the molecule is CC/C=C/C=C/C=C/C=C/C=C/C=C/C=C/CCCCCC(=O)OC(COCCC(C(=O)O)[N+](C)(C)C)COC(=O)CCCCCCC/C=C/C=C/C=C/C=C/CCCCC. The van der Waals surface area contributed by atoms with Gasteiger partial charge in [-0.1, -0.05) is 186 Å². The van der Waals surface area contributed by atoms with Gasteiger partial charge < -0.3 is 23.8 Å². The average molecular weight is 845 g/mol. The Morgan fingerprint density at radius 1 is 0.508 bits per heavy atom. The van der Waals surface area contributed by atoms with Gasteiger partial charge in [0.05, 0.1) is 34.4 Å². The highest BCUT2D eigenvalue weighted by Gasteiger charge is 2.31. The summed E-state index contributed by atoms with van der Waals surface area (Å²) in [5, 5.41) is 9.63. The van der Waals surface area contributed by atoms with Gasteiger partial charge in [0.2, 0.25) is 0 Å². The number of allylic oxidation sites excluding steroid dienone is 22. The number of likely N-dealkylation sites (N-methyl/N-ethyl adjacent to an activating group) is 1. The second-order valence-corrected chi connectivity index (χ2v) is 15.8. The maximum absolute atomic E-state index is 12.7. The van der Waals surface area contributed by atoms with Gasteiger partial charge in [0, 0.05) is 19.3 Å². The predicted octanol–water partition coefficient (Wildman–Crippen LogP) is 12.8. The zero-order chi connectivity index (χ0) is 44.9. The molecule has 8 heteroatoms. The van der Waals surface area contributed by atoms with Crippen LogP contribution in [0.3, 0.4) is 0 Å². The molecule has 0 aliphatic carbocycles. The number of carboxylic acids is 1. The number of quaternary nitrogens is 1. The van der Waals surface area contributed by atoms with Gasteiger partial charge in [-0.3, -0.25) is 9.59 Å². The van der Waals surface area contributed by atoms with E-state index in [1.54, 1.807) is 0 Å². The van der Waals surface area contributed by atoms with Gasteiger partial charge in [-0.15, -0.1) is 0 Å². The van der Waals surface area contributed by atoms with Crippen molar-refractivity contribution in [2.45, 2.75) is 142 Å². The summed E-state index contributed by atoms with van der Waals surface area (Å²) in [7, 11) is 5.48. The van der Waals surface area contributed by atoms with Crippen LogP contribution in [-0.2, 0) is 28.6 Å². The van der Waals surface area contributed by atoms with E-state index in [1.807, 2.05) is 100 Å². The van der Waals surface area contributed by atoms with Gasteiger partial charge in [0.1, 0.15) is 6.61 Å². The zero-order valence-electron chi connectivity index (χ0n) is 38.5. The fraction of sp³-hybridized carbons (Fsp3) is 0.528. The second kappa shape index (κ2) is 42.2. The van der Waals surface area contributed by atoms with Crippen LogP contribution < -0.4 is 0 Å². The van der Waals surface area contributed by atoms with Gasteiger partial charge >= 0.3 is 17.9 Å². The van der Waals surface area contributed by atoms with Gasteiger partial charge in [-0.25, -0.2) is 4.79 Å². The lowest BCUT2D eigenvalue weighted by molar-refractivity contribution is -0.887. The van der Waals surface area contributed by atoms with Gasteiger partial charge in [0.15, 0.2) is 12.1 Å². The number of carbonyl (C=O) groups is 3. The largest absolute Gasteiger partial charge is 0.477 e. The lowest BCUT2D eigenvalue weighted by atomic mass is 10.1. The molecule has 0 amide bonds. The van der Waals surface area contributed by atoms with Crippen molar-refractivity contribution in [2.24, 2.45) is 0 Å². The van der Waals surface area contributed by atoms with Gasteiger partial charge in [-0.2, -0.15) is 0 Å². The van der Waals surface area contributed by atoms with Crippen LogP contribution in [0.25, 0.3) is 0 Å². The molecule has 1 N–H and O–H groups in total. The molecule has 0 heterocycles. The summed E-state index contributed by atoms with van der Waals surface area (Å²) in [6, 6.07) is -0.637. The van der Waals surface area contributed by atoms with Crippen molar-refractivity contribution in [1.29, 1.82) is 0 Å². The highest BCUT2D eigenvalue weighted by molar-refractivity contribution is 5.72. The first-order valence-electron chi connectivity index (χ1n) is 22.9. The van der Waals surface area contributed by atoms with E-state index >= 15 is 0 Å². The van der Waals surface area contributed by atoms with Crippen molar-refractivity contribution in [3.63, 3.8) is 0 Å². The number of unbranched alkanes of at least 4 members (excludes halogenated alkanes) is 11. The number of hydrogen-bond donors (Lipinski definition) is 1. The minimum absolute atomic E-state index is 0.0234. The van der Waals surface area contributed by atoms with Crippen molar-refractivity contribution in [1.82, 2.24) is 0 Å². The number of hydrogen-bond acceptors (Lipinski definition) is 6. The van der Waals surface area contributed by atoms with E-state index in [9.17, 15) is 19.5 Å². The summed E-state index contributed by atoms with van der Waals surface area (Å²) in [6.07, 6.45) is 60.6. The summed E-state index contributed by atoms with van der Waals surface area (Å²) >= 11 is 0. The summed E-state index contributed by atoms with van der Waals surface area (Å²) in [5.41, 5.74) is 0. The Morgan fingerprint density at radius 2 is 0.918 bits per heavy atom. The van der Waals surface area contributed by atoms with E-state index in [0.29, 0.717) is 19.3 Å². The standard InChI is InChI=1S/C53H81NO7/c1-6-8-10-12-14-16-18-20-22-24-26-28-30-32-34-36-38-40-42-44-52(56)61-49(47-59-46-45-50(53(57)58)54(3,4)5)48-60-51(55)43-41-39-37-35-33-31-29-27-25-23-21-19-17-15-13-11-9-7-2/h8,10,12,14-30,32,34,49-50H,6-7,9,11,13,31,33,35-48H2,1-5H3/p+1/b10-8+,14-12+,17-15+,18-16+,21-19+,22-20+,25-23+,26-24+,29-27+,30-28+,34-32+. The molecule has 8 nitrogen and oxygen atoms in total. The Bertz CT molecular complexity index is 1450. The lowest BCUT2D eigenvalue weighted by Gasteiger charge is -2.31. The number of carboxylic acid groups (broad SMARTS) is 1. The average Bonchev–Trinajstić information content (AvgIpc) is 3.22. The van der Waals surface area contributed by atoms with E-state index in [2.05, 4.69) is 68.5 Å². The van der Waals surface area contributed by atoms with Crippen LogP contribution in [0.4, 0.5) is 0 Å².